The fourth-order valence-corrected chi connectivity index (χ4v) is 2.28. The third kappa shape index (κ3) is 2.02. The fourth-order valence-electron chi connectivity index (χ4n) is 0.979. The molecule has 2 rings (SSSR count). The Labute approximate surface area is 94.3 Å². The van der Waals surface area contributed by atoms with Crippen molar-refractivity contribution in [3.8, 4) is 0 Å². The summed E-state index contributed by atoms with van der Waals surface area (Å²) < 4.78 is 7.90. The molecule has 0 spiro atoms. The van der Waals surface area contributed by atoms with Crippen molar-refractivity contribution >= 4 is 40.5 Å². The molecule has 4 nitrogen and oxygen atoms in total. The number of aromatic nitrogens is 3. The highest BCUT2D eigenvalue weighted by Crippen LogP contribution is 2.24. The molecule has 0 aromatic carbocycles. The highest BCUT2D eigenvalue weighted by Gasteiger charge is 2.12. The van der Waals surface area contributed by atoms with E-state index in [-0.39, 0.29) is 6.04 Å². The van der Waals surface area contributed by atoms with E-state index in [1.807, 2.05) is 12.3 Å². The van der Waals surface area contributed by atoms with Crippen LogP contribution in [0.4, 0.5) is 5.82 Å². The smallest absolute Gasteiger partial charge is 0.186 e. The van der Waals surface area contributed by atoms with Crippen molar-refractivity contribution in [1.29, 1.82) is 0 Å². The summed E-state index contributed by atoms with van der Waals surface area (Å²) in [5.74, 6) is 0.624. The summed E-state index contributed by atoms with van der Waals surface area (Å²) in [5, 5.41) is 6.51. The second kappa shape index (κ2) is 4.20. The molecule has 0 fully saturated rings. The highest BCUT2D eigenvalue weighted by atomic mass is 35.5. The fraction of sp³-hybridized carbons (Fsp3) is 0.286. The monoisotopic (exact) mass is 246 g/mol. The van der Waals surface area contributed by atoms with Crippen molar-refractivity contribution in [3.05, 3.63) is 21.7 Å². The molecule has 1 N–H and O–H groups in total. The highest BCUT2D eigenvalue weighted by molar-refractivity contribution is 7.09. The maximum Gasteiger partial charge on any atom is 0.186 e. The molecule has 0 aliphatic rings. The first kappa shape index (κ1) is 9.82. The van der Waals surface area contributed by atoms with Gasteiger partial charge in [-0.25, -0.2) is 4.98 Å². The first-order valence-corrected chi connectivity index (χ1v) is 5.90. The van der Waals surface area contributed by atoms with E-state index < -0.39 is 0 Å². The minimum atomic E-state index is 0.108. The van der Waals surface area contributed by atoms with Crippen molar-refractivity contribution in [1.82, 2.24) is 13.7 Å². The number of nitrogens with zero attached hydrogens (tertiary/aromatic N) is 3. The minimum Gasteiger partial charge on any atom is -0.358 e. The second-order valence-electron chi connectivity index (χ2n) is 2.64. The molecule has 0 aliphatic carbocycles. The lowest BCUT2D eigenvalue weighted by atomic mass is 10.3. The predicted octanol–water partition coefficient (Wildman–Crippen LogP) is 2.82. The third-order valence-corrected chi connectivity index (χ3v) is 3.47. The van der Waals surface area contributed by atoms with Gasteiger partial charge in [0.1, 0.15) is 5.01 Å². The zero-order chi connectivity index (χ0) is 9.97. The number of anilines is 1. The second-order valence-corrected chi connectivity index (χ2v) is 4.45. The normalized spacial score (nSPS) is 12.7. The summed E-state index contributed by atoms with van der Waals surface area (Å²) in [6.07, 6.45) is 1.78. The van der Waals surface area contributed by atoms with E-state index in [0.717, 1.165) is 16.7 Å². The lowest BCUT2D eigenvalue weighted by molar-refractivity contribution is 0.864. The molecular weight excluding hydrogens is 240 g/mol. The maximum absolute atomic E-state index is 5.80. The van der Waals surface area contributed by atoms with Crippen LogP contribution in [0.15, 0.2) is 11.6 Å². The maximum atomic E-state index is 5.80. The largest absolute Gasteiger partial charge is 0.358 e. The van der Waals surface area contributed by atoms with Crippen molar-refractivity contribution in [3.63, 3.8) is 0 Å². The Bertz CT molecular complexity index is 399. The van der Waals surface area contributed by atoms with Crippen LogP contribution in [0.2, 0.25) is 5.15 Å². The Balaban J connectivity index is 2.09. The Morgan fingerprint density at radius 3 is 2.93 bits per heavy atom. The number of hydrogen-bond donors (Lipinski definition) is 1. The Morgan fingerprint density at radius 2 is 2.36 bits per heavy atom. The van der Waals surface area contributed by atoms with Crippen molar-refractivity contribution in [2.24, 2.45) is 0 Å². The number of rotatable bonds is 3. The molecule has 0 amide bonds. The molecule has 0 saturated carbocycles. The van der Waals surface area contributed by atoms with Gasteiger partial charge in [-0.15, -0.1) is 11.3 Å². The Morgan fingerprint density at radius 1 is 1.50 bits per heavy atom. The van der Waals surface area contributed by atoms with Gasteiger partial charge >= 0.3 is 0 Å². The zero-order valence-electron chi connectivity index (χ0n) is 7.27. The molecule has 0 aliphatic heterocycles. The summed E-state index contributed by atoms with van der Waals surface area (Å²) >= 11 is 8.49. The number of thiazole rings is 1. The van der Waals surface area contributed by atoms with Gasteiger partial charge in [0.05, 0.1) is 17.8 Å². The zero-order valence-corrected chi connectivity index (χ0v) is 9.66. The molecule has 2 aromatic rings. The van der Waals surface area contributed by atoms with Gasteiger partial charge in [-0.1, -0.05) is 11.6 Å². The van der Waals surface area contributed by atoms with Crippen LogP contribution >= 0.6 is 34.7 Å². The van der Waals surface area contributed by atoms with Crippen LogP contribution in [-0.4, -0.2) is 13.7 Å². The van der Waals surface area contributed by atoms with Crippen molar-refractivity contribution in [2.45, 2.75) is 13.0 Å². The van der Waals surface area contributed by atoms with E-state index in [9.17, 15) is 0 Å². The summed E-state index contributed by atoms with van der Waals surface area (Å²) in [6, 6.07) is 0.108. The molecule has 2 heterocycles. The van der Waals surface area contributed by atoms with E-state index in [4.69, 9.17) is 11.6 Å². The molecule has 14 heavy (non-hydrogen) atoms. The number of halogens is 1. The summed E-state index contributed by atoms with van der Waals surface area (Å²) in [6.45, 7) is 2.01. The molecule has 0 radical (unpaired) electrons. The van der Waals surface area contributed by atoms with Crippen LogP contribution in [0.1, 0.15) is 18.0 Å². The number of hydrogen-bond acceptors (Lipinski definition) is 6. The van der Waals surface area contributed by atoms with E-state index in [2.05, 4.69) is 19.0 Å². The van der Waals surface area contributed by atoms with Gasteiger partial charge in [0.15, 0.2) is 11.0 Å². The Hall–Kier alpha value is -0.720. The van der Waals surface area contributed by atoms with Gasteiger partial charge in [0.25, 0.3) is 0 Å². The average Bonchev–Trinajstić information content (AvgIpc) is 2.77. The molecule has 1 unspecified atom stereocenters. The van der Waals surface area contributed by atoms with E-state index >= 15 is 0 Å². The first-order valence-electron chi connectivity index (χ1n) is 3.91. The van der Waals surface area contributed by atoms with Gasteiger partial charge in [0, 0.05) is 11.6 Å². The van der Waals surface area contributed by atoms with Crippen molar-refractivity contribution in [2.75, 3.05) is 5.32 Å². The Kier molecular flexibility index (Phi) is 2.95. The van der Waals surface area contributed by atoms with Crippen molar-refractivity contribution < 1.29 is 0 Å². The average molecular weight is 247 g/mol. The van der Waals surface area contributed by atoms with Gasteiger partial charge in [-0.3, -0.25) is 0 Å². The lowest BCUT2D eigenvalue weighted by Gasteiger charge is -2.09. The van der Waals surface area contributed by atoms with Crippen LogP contribution in [0, 0.1) is 0 Å². The summed E-state index contributed by atoms with van der Waals surface area (Å²) in [7, 11) is 0. The molecule has 0 saturated heterocycles. The molecule has 1 atom stereocenters. The predicted molar refractivity (Wildman–Crippen MR) is 59.1 cm³/mol. The SMILES string of the molecule is CC(Nc1nsnc1Cl)c1nccs1. The molecular formula is C7H7ClN4S2. The lowest BCUT2D eigenvalue weighted by Crippen LogP contribution is -2.06. The topological polar surface area (TPSA) is 50.7 Å². The van der Waals surface area contributed by atoms with Gasteiger partial charge in [-0.2, -0.15) is 8.75 Å². The quantitative estimate of drug-likeness (QED) is 0.905. The third-order valence-electron chi connectivity index (χ3n) is 1.62. The number of nitrogens with one attached hydrogen (secondary N) is 1. The van der Waals surface area contributed by atoms with Gasteiger partial charge in [-0.05, 0) is 6.92 Å². The van der Waals surface area contributed by atoms with E-state index in [0.29, 0.717) is 11.0 Å². The van der Waals surface area contributed by atoms with E-state index in [1.54, 1.807) is 17.5 Å². The van der Waals surface area contributed by atoms with Gasteiger partial charge < -0.3 is 5.32 Å². The van der Waals surface area contributed by atoms with Crippen LogP contribution in [-0.2, 0) is 0 Å². The molecule has 7 heteroatoms. The summed E-state index contributed by atoms with van der Waals surface area (Å²) in [5.41, 5.74) is 0. The van der Waals surface area contributed by atoms with Crippen LogP contribution < -0.4 is 5.32 Å². The molecule has 2 aromatic heterocycles. The minimum absolute atomic E-state index is 0.108. The van der Waals surface area contributed by atoms with Gasteiger partial charge in [0.2, 0.25) is 0 Å². The standard InChI is InChI=1S/C7H7ClN4S2/c1-4(7-9-2-3-13-7)10-6-5(8)11-14-12-6/h2-4H,1H3,(H,10,12). The van der Waals surface area contributed by atoms with Crippen LogP contribution in [0.3, 0.4) is 0 Å². The van der Waals surface area contributed by atoms with E-state index in [1.165, 1.54) is 0 Å². The molecule has 0 bridgehead atoms. The van der Waals surface area contributed by atoms with Crippen LogP contribution in [0.5, 0.6) is 0 Å². The molecule has 74 valence electrons. The van der Waals surface area contributed by atoms with Crippen LogP contribution in [0.25, 0.3) is 0 Å². The first-order chi connectivity index (χ1) is 6.77. The summed E-state index contributed by atoms with van der Waals surface area (Å²) in [4.78, 5) is 4.19.